The van der Waals surface area contributed by atoms with Gasteiger partial charge in [0.05, 0.1) is 41.1 Å². The largest absolute Gasteiger partial charge is 0.399 e. The molecule has 0 aliphatic heterocycles. The molecular weight excluding hydrogens is 332 g/mol. The van der Waals surface area contributed by atoms with Gasteiger partial charge in [-0.1, -0.05) is 0 Å². The van der Waals surface area contributed by atoms with Crippen LogP contribution < -0.4 is 11.1 Å². The van der Waals surface area contributed by atoms with Gasteiger partial charge >= 0.3 is 0 Å². The Labute approximate surface area is 129 Å². The van der Waals surface area contributed by atoms with Gasteiger partial charge in [0.2, 0.25) is 0 Å². The molecule has 0 aromatic heterocycles. The molecule has 0 aliphatic rings. The molecule has 0 aliphatic carbocycles. The number of aliphatic hydroxyl groups excluding tert-OH is 2. The Morgan fingerprint density at radius 2 is 1.64 bits per heavy atom. The van der Waals surface area contributed by atoms with E-state index in [1.54, 1.807) is 0 Å². The number of hydrogen-bond donors (Lipinski definition) is 4. The number of nitrogen functional groups attached to an aromatic ring is 1. The Morgan fingerprint density at radius 1 is 1.00 bits per heavy atom. The molecule has 0 atom stereocenters. The zero-order chi connectivity index (χ0) is 16.8. The highest BCUT2D eigenvalue weighted by Gasteiger charge is 2.19. The van der Waals surface area contributed by atoms with E-state index in [1.807, 2.05) is 0 Å². The van der Waals surface area contributed by atoms with Gasteiger partial charge in [0.15, 0.2) is 19.7 Å². The highest BCUT2D eigenvalue weighted by molar-refractivity contribution is 7.91. The normalized spacial score (nSPS) is 12.3. The second kappa shape index (κ2) is 7.77. The monoisotopic (exact) mass is 352 g/mol. The fourth-order valence-electron chi connectivity index (χ4n) is 1.75. The molecule has 1 aromatic rings. The van der Waals surface area contributed by atoms with Crippen LogP contribution in [0.3, 0.4) is 0 Å². The number of nitrogens with one attached hydrogen (secondary N) is 1. The van der Waals surface area contributed by atoms with Crippen LogP contribution in [0.5, 0.6) is 0 Å². The summed E-state index contributed by atoms with van der Waals surface area (Å²) < 4.78 is 47.1. The zero-order valence-electron chi connectivity index (χ0n) is 11.9. The highest BCUT2D eigenvalue weighted by Crippen LogP contribution is 2.25. The maximum atomic E-state index is 12.1. The van der Waals surface area contributed by atoms with E-state index in [9.17, 15) is 16.8 Å². The summed E-state index contributed by atoms with van der Waals surface area (Å²) in [4.78, 5) is -0.0823. The molecule has 0 saturated carbocycles. The summed E-state index contributed by atoms with van der Waals surface area (Å²) in [7, 11) is -7.12. The van der Waals surface area contributed by atoms with Gasteiger partial charge < -0.3 is 21.3 Å². The molecule has 22 heavy (non-hydrogen) atoms. The molecule has 1 aromatic carbocycles. The number of benzene rings is 1. The van der Waals surface area contributed by atoms with E-state index in [-0.39, 0.29) is 34.3 Å². The number of sulfone groups is 2. The Balaban J connectivity index is 2.92. The molecule has 0 fully saturated rings. The van der Waals surface area contributed by atoms with Gasteiger partial charge in [-0.2, -0.15) is 0 Å². The first kappa shape index (κ1) is 18.7. The minimum absolute atomic E-state index is 0.00606. The van der Waals surface area contributed by atoms with Gasteiger partial charge in [0.1, 0.15) is 0 Å². The average Bonchev–Trinajstić information content (AvgIpc) is 2.40. The molecular formula is C12H20N2O6S2. The van der Waals surface area contributed by atoms with E-state index in [4.69, 9.17) is 15.9 Å². The Morgan fingerprint density at radius 3 is 2.23 bits per heavy atom. The molecule has 0 radical (unpaired) electrons. The molecule has 0 bridgehead atoms. The van der Waals surface area contributed by atoms with Crippen LogP contribution in [0, 0.1) is 0 Å². The van der Waals surface area contributed by atoms with Crippen molar-refractivity contribution in [2.75, 3.05) is 48.1 Å². The van der Waals surface area contributed by atoms with E-state index in [0.717, 1.165) is 0 Å². The molecule has 0 saturated heterocycles. The zero-order valence-corrected chi connectivity index (χ0v) is 13.5. The van der Waals surface area contributed by atoms with Crippen molar-refractivity contribution in [2.24, 2.45) is 0 Å². The molecule has 0 unspecified atom stereocenters. The first-order valence-electron chi connectivity index (χ1n) is 6.50. The van der Waals surface area contributed by atoms with E-state index in [2.05, 4.69) is 5.32 Å². The summed E-state index contributed by atoms with van der Waals surface area (Å²) >= 11 is 0. The Bertz CT molecular complexity index is 700. The lowest BCUT2D eigenvalue weighted by Crippen LogP contribution is -2.21. The summed E-state index contributed by atoms with van der Waals surface area (Å²) in [6.07, 6.45) is 0. The van der Waals surface area contributed by atoms with Crippen LogP contribution in [0.1, 0.15) is 0 Å². The summed E-state index contributed by atoms with van der Waals surface area (Å²) in [6.45, 7) is -0.990. The first-order valence-corrected chi connectivity index (χ1v) is 9.97. The van der Waals surface area contributed by atoms with Crippen molar-refractivity contribution < 1.29 is 27.0 Å². The smallest absolute Gasteiger partial charge is 0.182 e. The number of rotatable bonds is 9. The highest BCUT2D eigenvalue weighted by atomic mass is 32.2. The van der Waals surface area contributed by atoms with Gasteiger partial charge in [-0.3, -0.25) is 0 Å². The lowest BCUT2D eigenvalue weighted by Gasteiger charge is -2.13. The lowest BCUT2D eigenvalue weighted by atomic mass is 10.3. The molecule has 1 rings (SSSR count). The van der Waals surface area contributed by atoms with Gasteiger partial charge in [-0.15, -0.1) is 0 Å². The number of hydrogen-bond acceptors (Lipinski definition) is 8. The van der Waals surface area contributed by atoms with Crippen LogP contribution in [0.2, 0.25) is 0 Å². The molecule has 0 amide bonds. The van der Waals surface area contributed by atoms with Gasteiger partial charge in [0, 0.05) is 12.2 Å². The van der Waals surface area contributed by atoms with Crippen LogP contribution in [0.4, 0.5) is 11.4 Å². The summed E-state index contributed by atoms with van der Waals surface area (Å²) in [5.74, 6) is -1.03. The van der Waals surface area contributed by atoms with Crippen LogP contribution in [-0.2, 0) is 19.7 Å². The van der Waals surface area contributed by atoms with Crippen molar-refractivity contribution in [3.63, 3.8) is 0 Å². The van der Waals surface area contributed by atoms with Crippen molar-refractivity contribution in [2.45, 2.75) is 4.90 Å². The van der Waals surface area contributed by atoms with Crippen LogP contribution in [-0.4, -0.2) is 64.1 Å². The fraction of sp³-hybridized carbons (Fsp3) is 0.500. The molecule has 126 valence electrons. The third-order valence-electron chi connectivity index (χ3n) is 2.83. The third kappa shape index (κ3) is 5.44. The number of nitrogens with two attached hydrogens (primary N) is 1. The second-order valence-electron chi connectivity index (χ2n) is 4.60. The number of aliphatic hydroxyl groups is 2. The van der Waals surface area contributed by atoms with Crippen molar-refractivity contribution in [1.29, 1.82) is 0 Å². The maximum absolute atomic E-state index is 12.1. The second-order valence-corrected chi connectivity index (χ2v) is 8.98. The fourth-order valence-corrected chi connectivity index (χ4v) is 3.90. The first-order chi connectivity index (χ1) is 10.2. The van der Waals surface area contributed by atoms with Gasteiger partial charge in [-0.25, -0.2) is 16.8 Å². The quantitative estimate of drug-likeness (QED) is 0.408. The van der Waals surface area contributed by atoms with Gasteiger partial charge in [-0.05, 0) is 18.2 Å². The standard InChI is InChI=1S/C12H20N2O6S2/c13-10-1-2-11(12(9-10)22(19,20)8-5-16)14-3-6-21(17,18)7-4-15/h1-2,9,14-16H,3-8,13H2. The molecule has 0 heterocycles. The third-order valence-corrected chi connectivity index (χ3v) is 6.19. The molecule has 10 heteroatoms. The Hall–Kier alpha value is -1.36. The summed E-state index contributed by atoms with van der Waals surface area (Å²) in [5.41, 5.74) is 6.05. The topological polar surface area (TPSA) is 147 Å². The Kier molecular flexibility index (Phi) is 6.60. The van der Waals surface area contributed by atoms with E-state index in [1.165, 1.54) is 18.2 Å². The van der Waals surface area contributed by atoms with Crippen molar-refractivity contribution in [1.82, 2.24) is 0 Å². The van der Waals surface area contributed by atoms with Crippen molar-refractivity contribution in [3.8, 4) is 0 Å². The van der Waals surface area contributed by atoms with E-state index < -0.39 is 38.6 Å². The van der Waals surface area contributed by atoms with E-state index in [0.29, 0.717) is 0 Å². The van der Waals surface area contributed by atoms with Crippen LogP contribution >= 0.6 is 0 Å². The SMILES string of the molecule is Nc1ccc(NCCS(=O)(=O)CCO)c(S(=O)(=O)CCO)c1. The lowest BCUT2D eigenvalue weighted by molar-refractivity contribution is 0.319. The molecule has 0 spiro atoms. The van der Waals surface area contributed by atoms with Crippen LogP contribution in [0.25, 0.3) is 0 Å². The molecule has 8 nitrogen and oxygen atoms in total. The average molecular weight is 352 g/mol. The number of anilines is 2. The maximum Gasteiger partial charge on any atom is 0.182 e. The minimum atomic E-state index is -3.72. The van der Waals surface area contributed by atoms with Crippen molar-refractivity contribution >= 4 is 31.0 Å². The minimum Gasteiger partial charge on any atom is -0.399 e. The van der Waals surface area contributed by atoms with Crippen molar-refractivity contribution in [3.05, 3.63) is 18.2 Å². The summed E-state index contributed by atoms with van der Waals surface area (Å²) in [5, 5.41) is 20.2. The predicted octanol–water partition coefficient (Wildman–Crippen LogP) is -1.15. The van der Waals surface area contributed by atoms with E-state index >= 15 is 0 Å². The van der Waals surface area contributed by atoms with Crippen LogP contribution in [0.15, 0.2) is 23.1 Å². The van der Waals surface area contributed by atoms with Gasteiger partial charge in [0.25, 0.3) is 0 Å². The summed E-state index contributed by atoms with van der Waals surface area (Å²) in [6, 6.07) is 4.19. The predicted molar refractivity (Wildman–Crippen MR) is 84.2 cm³/mol. The molecule has 5 N–H and O–H groups in total.